The second kappa shape index (κ2) is 11.8. The van der Waals surface area contributed by atoms with Crippen LogP contribution in [-0.4, -0.2) is 53.8 Å². The summed E-state index contributed by atoms with van der Waals surface area (Å²) in [5, 5.41) is 9.58. The molecule has 2 aromatic rings. The Labute approximate surface area is 196 Å². The molecule has 2 atom stereocenters. The quantitative estimate of drug-likeness (QED) is 0.359. The number of likely N-dealkylation sites (N-methyl/N-ethyl adjacent to an activating group) is 1. The molecule has 6 nitrogen and oxygen atoms in total. The molecule has 0 aromatic heterocycles. The van der Waals surface area contributed by atoms with E-state index in [1.165, 1.54) is 5.56 Å². The molecule has 0 radical (unpaired) electrons. The molecule has 1 fully saturated rings. The molecule has 1 aliphatic carbocycles. The number of carbonyl (C=O) groups excluding carboxylic acids is 1. The van der Waals surface area contributed by atoms with Crippen LogP contribution < -0.4 is 4.74 Å². The number of esters is 1. The number of aryl methyl sites for hydroxylation is 2. The number of aliphatic carboxylic acids is 1. The molecule has 0 bridgehead atoms. The predicted molar refractivity (Wildman–Crippen MR) is 127 cm³/mol. The third-order valence-electron chi connectivity index (χ3n) is 6.65. The van der Waals surface area contributed by atoms with Gasteiger partial charge in [0.05, 0.1) is 19.1 Å². The maximum atomic E-state index is 13.0. The summed E-state index contributed by atoms with van der Waals surface area (Å²) >= 11 is 0. The molecule has 6 heteroatoms. The van der Waals surface area contributed by atoms with Crippen molar-refractivity contribution >= 4 is 11.9 Å². The Morgan fingerprint density at radius 3 is 2.33 bits per heavy atom. The van der Waals surface area contributed by atoms with Crippen LogP contribution in [0.3, 0.4) is 0 Å². The van der Waals surface area contributed by atoms with Crippen LogP contribution in [0.5, 0.6) is 5.75 Å². The van der Waals surface area contributed by atoms with Crippen LogP contribution in [0.2, 0.25) is 0 Å². The maximum absolute atomic E-state index is 13.0. The summed E-state index contributed by atoms with van der Waals surface area (Å²) in [6, 6.07) is 18.4. The number of nitrogens with zero attached hydrogens (tertiary/aromatic N) is 1. The van der Waals surface area contributed by atoms with E-state index in [0.717, 1.165) is 24.2 Å². The summed E-state index contributed by atoms with van der Waals surface area (Å²) in [7, 11) is 0. The SMILES string of the molecule is CCN(CC)C1(C(=O)OCCCOc2ccccc2CCc2ccccc2)CCC1C(=O)O. The lowest BCUT2D eigenvalue weighted by molar-refractivity contribution is -0.182. The summed E-state index contributed by atoms with van der Waals surface area (Å²) < 4.78 is 11.6. The van der Waals surface area contributed by atoms with E-state index in [-0.39, 0.29) is 6.61 Å². The van der Waals surface area contributed by atoms with Gasteiger partial charge in [-0.1, -0.05) is 62.4 Å². The van der Waals surface area contributed by atoms with E-state index in [4.69, 9.17) is 9.47 Å². The van der Waals surface area contributed by atoms with Crippen molar-refractivity contribution in [1.82, 2.24) is 4.90 Å². The Morgan fingerprint density at radius 2 is 1.70 bits per heavy atom. The molecule has 178 valence electrons. The first-order valence-corrected chi connectivity index (χ1v) is 11.9. The number of carboxylic acid groups (broad SMARTS) is 1. The average Bonchev–Trinajstić information content (AvgIpc) is 2.80. The van der Waals surface area contributed by atoms with Gasteiger partial charge in [0.25, 0.3) is 0 Å². The summed E-state index contributed by atoms with van der Waals surface area (Å²) in [5.74, 6) is -1.21. The minimum atomic E-state index is -1.04. The number of carboxylic acids is 1. The van der Waals surface area contributed by atoms with Crippen molar-refractivity contribution in [2.75, 3.05) is 26.3 Å². The van der Waals surface area contributed by atoms with E-state index in [9.17, 15) is 14.7 Å². The largest absolute Gasteiger partial charge is 0.493 e. The fraction of sp³-hybridized carbons (Fsp3) is 0.481. The highest BCUT2D eigenvalue weighted by atomic mass is 16.5. The summed E-state index contributed by atoms with van der Waals surface area (Å²) in [6.07, 6.45) is 3.40. The fourth-order valence-corrected chi connectivity index (χ4v) is 4.74. The minimum Gasteiger partial charge on any atom is -0.493 e. The van der Waals surface area contributed by atoms with E-state index in [0.29, 0.717) is 39.0 Å². The first kappa shape index (κ1) is 24.8. The van der Waals surface area contributed by atoms with Gasteiger partial charge in [-0.3, -0.25) is 14.5 Å². The molecule has 0 amide bonds. The zero-order valence-electron chi connectivity index (χ0n) is 19.7. The monoisotopic (exact) mass is 453 g/mol. The average molecular weight is 454 g/mol. The predicted octanol–water partition coefficient (Wildman–Crippen LogP) is 4.36. The highest BCUT2D eigenvalue weighted by Crippen LogP contribution is 2.44. The Kier molecular flexibility index (Phi) is 8.89. The molecule has 1 N–H and O–H groups in total. The Hall–Kier alpha value is -2.86. The highest BCUT2D eigenvalue weighted by Gasteiger charge is 2.60. The number of hydrogen-bond acceptors (Lipinski definition) is 5. The molecule has 0 heterocycles. The Bertz CT molecular complexity index is 912. The zero-order chi connectivity index (χ0) is 23.7. The zero-order valence-corrected chi connectivity index (χ0v) is 19.7. The van der Waals surface area contributed by atoms with Gasteiger partial charge in [-0.2, -0.15) is 0 Å². The second-order valence-electron chi connectivity index (χ2n) is 8.46. The van der Waals surface area contributed by atoms with E-state index >= 15 is 0 Å². The van der Waals surface area contributed by atoms with Gasteiger partial charge in [0.1, 0.15) is 11.3 Å². The molecule has 3 rings (SSSR count). The number of benzene rings is 2. The van der Waals surface area contributed by atoms with Gasteiger partial charge in [0.15, 0.2) is 0 Å². The summed E-state index contributed by atoms with van der Waals surface area (Å²) in [6.45, 7) is 5.74. The maximum Gasteiger partial charge on any atom is 0.327 e. The molecular formula is C27H35NO5. The fourth-order valence-electron chi connectivity index (χ4n) is 4.74. The summed E-state index contributed by atoms with van der Waals surface area (Å²) in [5.41, 5.74) is 1.40. The number of carbonyl (C=O) groups is 2. The molecule has 0 spiro atoms. The number of ether oxygens (including phenoxy) is 2. The van der Waals surface area contributed by atoms with Crippen molar-refractivity contribution in [3.63, 3.8) is 0 Å². The van der Waals surface area contributed by atoms with Crippen LogP contribution in [0.25, 0.3) is 0 Å². The van der Waals surface area contributed by atoms with Crippen molar-refractivity contribution in [1.29, 1.82) is 0 Å². The van der Waals surface area contributed by atoms with Crippen molar-refractivity contribution in [3.8, 4) is 5.75 Å². The van der Waals surface area contributed by atoms with E-state index < -0.39 is 23.4 Å². The van der Waals surface area contributed by atoms with Crippen LogP contribution >= 0.6 is 0 Å². The van der Waals surface area contributed by atoms with Gasteiger partial charge in [-0.15, -0.1) is 0 Å². The third kappa shape index (κ3) is 5.74. The van der Waals surface area contributed by atoms with Crippen LogP contribution in [0.15, 0.2) is 54.6 Å². The first-order valence-electron chi connectivity index (χ1n) is 11.9. The van der Waals surface area contributed by atoms with Gasteiger partial charge >= 0.3 is 11.9 Å². The first-order chi connectivity index (χ1) is 16.0. The number of hydrogen-bond donors (Lipinski definition) is 1. The number of para-hydroxylation sites is 1. The lowest BCUT2D eigenvalue weighted by atomic mass is 9.65. The second-order valence-corrected chi connectivity index (χ2v) is 8.46. The third-order valence-corrected chi connectivity index (χ3v) is 6.65. The van der Waals surface area contributed by atoms with Gasteiger partial charge in [0, 0.05) is 6.42 Å². The van der Waals surface area contributed by atoms with E-state index in [1.807, 2.05) is 55.1 Å². The molecule has 33 heavy (non-hydrogen) atoms. The van der Waals surface area contributed by atoms with E-state index in [1.54, 1.807) is 0 Å². The highest BCUT2D eigenvalue weighted by molar-refractivity contribution is 5.90. The molecule has 1 saturated carbocycles. The smallest absolute Gasteiger partial charge is 0.327 e. The minimum absolute atomic E-state index is 0.209. The van der Waals surface area contributed by atoms with Crippen molar-refractivity contribution < 1.29 is 24.2 Å². The lowest BCUT2D eigenvalue weighted by Gasteiger charge is -2.51. The Morgan fingerprint density at radius 1 is 1.00 bits per heavy atom. The summed E-state index contributed by atoms with van der Waals surface area (Å²) in [4.78, 5) is 26.6. The van der Waals surface area contributed by atoms with Gasteiger partial charge in [-0.05, 0) is 56.0 Å². The molecule has 0 saturated heterocycles. The molecule has 1 aliphatic rings. The molecular weight excluding hydrogens is 418 g/mol. The van der Waals surface area contributed by atoms with E-state index in [2.05, 4.69) is 18.2 Å². The number of rotatable bonds is 13. The van der Waals surface area contributed by atoms with Gasteiger partial charge in [-0.25, -0.2) is 0 Å². The van der Waals surface area contributed by atoms with Crippen LogP contribution in [0, 0.1) is 5.92 Å². The Balaban J connectivity index is 1.49. The molecule has 2 aromatic carbocycles. The van der Waals surface area contributed by atoms with Gasteiger partial charge < -0.3 is 14.6 Å². The normalized spacial score (nSPS) is 19.7. The molecule has 2 unspecified atom stereocenters. The van der Waals surface area contributed by atoms with Crippen LogP contribution in [-0.2, 0) is 27.2 Å². The van der Waals surface area contributed by atoms with Crippen LogP contribution in [0.1, 0.15) is 44.2 Å². The van der Waals surface area contributed by atoms with Gasteiger partial charge in [0.2, 0.25) is 0 Å². The standard InChI is InChI=1S/C27H35NO5/c1-3-28(4-2)27(18-17-23(27)25(29)30)26(31)33-20-10-19-32-24-14-9-8-13-22(24)16-15-21-11-6-5-7-12-21/h5-9,11-14,23H,3-4,10,15-20H2,1-2H3,(H,29,30). The molecule has 0 aliphatic heterocycles. The van der Waals surface area contributed by atoms with Crippen LogP contribution in [0.4, 0.5) is 0 Å². The van der Waals surface area contributed by atoms with Crippen molar-refractivity contribution in [2.45, 2.75) is 51.5 Å². The topological polar surface area (TPSA) is 76.1 Å². The van der Waals surface area contributed by atoms with Crippen molar-refractivity contribution in [2.24, 2.45) is 5.92 Å². The lowest BCUT2D eigenvalue weighted by Crippen LogP contribution is -2.67. The van der Waals surface area contributed by atoms with Crippen molar-refractivity contribution in [3.05, 3.63) is 65.7 Å².